The molecule has 0 bridgehead atoms. The minimum absolute atomic E-state index is 0.100. The Morgan fingerprint density at radius 2 is 1.82 bits per heavy atom. The zero-order chi connectivity index (χ0) is 24.1. The summed E-state index contributed by atoms with van der Waals surface area (Å²) in [7, 11) is -3.71. The standard InChI is InChI=1S/C24H29FN2O5S/c1-15-17(12-16-8-4-5-9-20(16)33(31,32)26-10-6-7-11-26)21-18(27(15)22(25)23(29)30)13-24(2,3)14-19(21)28/h4-5,8-9,22H,6-7,10-14H2,1-3H3,(H,29,30). The molecule has 1 atom stereocenters. The van der Waals surface area contributed by atoms with Gasteiger partial charge in [0.05, 0.1) is 4.90 Å². The number of hydrogen-bond acceptors (Lipinski definition) is 4. The summed E-state index contributed by atoms with van der Waals surface area (Å²) in [5, 5.41) is 9.36. The van der Waals surface area contributed by atoms with Crippen LogP contribution in [0.4, 0.5) is 4.39 Å². The van der Waals surface area contributed by atoms with Gasteiger partial charge in [-0.25, -0.2) is 17.6 Å². The van der Waals surface area contributed by atoms with Gasteiger partial charge in [-0.3, -0.25) is 4.79 Å². The van der Waals surface area contributed by atoms with Crippen LogP contribution < -0.4 is 0 Å². The maximum Gasteiger partial charge on any atom is 0.359 e. The third-order valence-corrected chi connectivity index (χ3v) is 8.70. The van der Waals surface area contributed by atoms with Crippen molar-refractivity contribution in [3.8, 4) is 0 Å². The van der Waals surface area contributed by atoms with Crippen LogP contribution >= 0.6 is 0 Å². The number of carbonyl (C=O) groups excluding carboxylic acids is 1. The van der Waals surface area contributed by atoms with Crippen LogP contribution in [0, 0.1) is 12.3 Å². The van der Waals surface area contributed by atoms with E-state index < -0.39 is 27.7 Å². The van der Waals surface area contributed by atoms with Crippen molar-refractivity contribution >= 4 is 21.8 Å². The molecule has 1 saturated heterocycles. The first kappa shape index (κ1) is 23.6. The number of rotatable bonds is 6. The second-order valence-electron chi connectivity index (χ2n) is 9.77. The first-order chi connectivity index (χ1) is 15.4. The van der Waals surface area contributed by atoms with Crippen LogP contribution in [0.2, 0.25) is 0 Å². The monoisotopic (exact) mass is 476 g/mol. The summed E-state index contributed by atoms with van der Waals surface area (Å²) >= 11 is 0. The fraction of sp³-hybridized carbons (Fsp3) is 0.500. The predicted molar refractivity (Wildman–Crippen MR) is 121 cm³/mol. The van der Waals surface area contributed by atoms with Crippen LogP contribution in [0.3, 0.4) is 0 Å². The van der Waals surface area contributed by atoms with Crippen molar-refractivity contribution in [1.82, 2.24) is 8.87 Å². The van der Waals surface area contributed by atoms with Crippen molar-refractivity contribution in [3.05, 3.63) is 52.3 Å². The van der Waals surface area contributed by atoms with E-state index in [1.807, 2.05) is 13.8 Å². The van der Waals surface area contributed by atoms with E-state index in [0.717, 1.165) is 17.4 Å². The molecule has 1 aromatic carbocycles. The number of hydrogen-bond donors (Lipinski definition) is 1. The van der Waals surface area contributed by atoms with Crippen molar-refractivity contribution < 1.29 is 27.5 Å². The lowest BCUT2D eigenvalue weighted by atomic mass is 9.75. The summed E-state index contributed by atoms with van der Waals surface area (Å²) < 4.78 is 44.0. The maximum absolute atomic E-state index is 14.9. The van der Waals surface area contributed by atoms with Gasteiger partial charge >= 0.3 is 5.97 Å². The summed E-state index contributed by atoms with van der Waals surface area (Å²) in [6.45, 7) is 6.33. The number of alkyl halides is 1. The minimum atomic E-state index is -3.71. The third kappa shape index (κ3) is 4.12. The Bertz CT molecular complexity index is 1230. The summed E-state index contributed by atoms with van der Waals surface area (Å²) in [5.41, 5.74) is 1.63. The van der Waals surface area contributed by atoms with Crippen LogP contribution in [0.15, 0.2) is 29.2 Å². The Labute approximate surface area is 193 Å². The highest BCUT2D eigenvalue weighted by Crippen LogP contribution is 2.41. The van der Waals surface area contributed by atoms with Gasteiger partial charge in [-0.1, -0.05) is 32.0 Å². The quantitative estimate of drug-likeness (QED) is 0.683. The fourth-order valence-electron chi connectivity index (χ4n) is 5.16. The summed E-state index contributed by atoms with van der Waals surface area (Å²) in [6, 6.07) is 6.66. The van der Waals surface area contributed by atoms with Gasteiger partial charge in [0.15, 0.2) is 5.78 Å². The number of carbonyl (C=O) groups is 2. The fourth-order valence-corrected chi connectivity index (χ4v) is 6.90. The Morgan fingerprint density at radius 3 is 2.45 bits per heavy atom. The van der Waals surface area contributed by atoms with Gasteiger partial charge in [0.2, 0.25) is 10.0 Å². The van der Waals surface area contributed by atoms with E-state index in [1.165, 1.54) is 4.31 Å². The van der Waals surface area contributed by atoms with E-state index in [1.54, 1.807) is 31.2 Å². The summed E-state index contributed by atoms with van der Waals surface area (Å²) in [5.74, 6) is -1.80. The molecule has 178 valence electrons. The zero-order valence-corrected chi connectivity index (χ0v) is 19.9. The maximum atomic E-state index is 14.9. The van der Waals surface area contributed by atoms with Gasteiger partial charge in [-0.15, -0.1) is 0 Å². The number of nitrogens with zero attached hydrogens (tertiary/aromatic N) is 2. The molecule has 1 N–H and O–H groups in total. The second kappa shape index (κ2) is 8.36. The molecule has 9 heteroatoms. The number of carboxylic acids is 1. The highest BCUT2D eigenvalue weighted by molar-refractivity contribution is 7.89. The molecule has 2 aromatic rings. The largest absolute Gasteiger partial charge is 0.478 e. The number of benzene rings is 1. The Hall–Kier alpha value is -2.52. The van der Waals surface area contributed by atoms with Gasteiger partial charge in [0.1, 0.15) is 0 Å². The molecular weight excluding hydrogens is 447 g/mol. The van der Waals surface area contributed by atoms with E-state index in [0.29, 0.717) is 47.6 Å². The molecule has 33 heavy (non-hydrogen) atoms. The van der Waals surface area contributed by atoms with Gasteiger partial charge in [-0.05, 0) is 48.8 Å². The molecule has 0 radical (unpaired) electrons. The van der Waals surface area contributed by atoms with Crippen molar-refractivity contribution in [1.29, 1.82) is 0 Å². The van der Waals surface area contributed by atoms with Crippen LogP contribution in [-0.4, -0.2) is 47.2 Å². The van der Waals surface area contributed by atoms with E-state index in [9.17, 15) is 27.5 Å². The van der Waals surface area contributed by atoms with E-state index in [2.05, 4.69) is 0 Å². The normalized spacial score (nSPS) is 19.5. The lowest BCUT2D eigenvalue weighted by Crippen LogP contribution is -2.30. The number of sulfonamides is 1. The molecule has 0 spiro atoms. The van der Waals surface area contributed by atoms with E-state index >= 15 is 0 Å². The number of fused-ring (bicyclic) bond motifs is 1. The third-order valence-electron chi connectivity index (χ3n) is 6.70. The molecule has 1 fully saturated rings. The molecule has 1 aliphatic carbocycles. The van der Waals surface area contributed by atoms with Crippen LogP contribution in [0.25, 0.3) is 0 Å². The molecule has 1 aromatic heterocycles. The van der Waals surface area contributed by atoms with Crippen molar-refractivity contribution in [3.63, 3.8) is 0 Å². The number of aromatic nitrogens is 1. The van der Waals surface area contributed by atoms with Crippen LogP contribution in [0.5, 0.6) is 0 Å². The van der Waals surface area contributed by atoms with Crippen molar-refractivity contribution in [2.45, 2.75) is 64.1 Å². The highest BCUT2D eigenvalue weighted by Gasteiger charge is 2.39. The molecule has 1 unspecified atom stereocenters. The molecular formula is C24H29FN2O5S. The van der Waals surface area contributed by atoms with Gasteiger partial charge in [-0.2, -0.15) is 4.31 Å². The van der Waals surface area contributed by atoms with E-state index in [-0.39, 0.29) is 23.5 Å². The summed E-state index contributed by atoms with van der Waals surface area (Å²) in [6.07, 6.45) is 0.0217. The predicted octanol–water partition coefficient (Wildman–Crippen LogP) is 3.88. The Kier molecular flexibility index (Phi) is 5.99. The van der Waals surface area contributed by atoms with Gasteiger partial charge < -0.3 is 9.67 Å². The topological polar surface area (TPSA) is 96.7 Å². The lowest BCUT2D eigenvalue weighted by Gasteiger charge is -2.30. The SMILES string of the molecule is Cc1c(Cc2ccccc2S(=O)(=O)N2CCCC2)c2c(n1C(F)C(=O)O)CC(C)(C)CC2=O. The Balaban J connectivity index is 1.86. The van der Waals surface area contributed by atoms with Crippen LogP contribution in [0.1, 0.15) is 72.3 Å². The molecule has 7 nitrogen and oxygen atoms in total. The highest BCUT2D eigenvalue weighted by atomic mass is 32.2. The van der Waals surface area contributed by atoms with Crippen molar-refractivity contribution in [2.24, 2.45) is 5.41 Å². The van der Waals surface area contributed by atoms with Crippen molar-refractivity contribution in [2.75, 3.05) is 13.1 Å². The minimum Gasteiger partial charge on any atom is -0.478 e. The smallest absolute Gasteiger partial charge is 0.359 e. The lowest BCUT2D eigenvalue weighted by molar-refractivity contribution is -0.146. The van der Waals surface area contributed by atoms with Gasteiger partial charge in [0, 0.05) is 42.9 Å². The zero-order valence-electron chi connectivity index (χ0n) is 19.1. The Morgan fingerprint density at radius 1 is 1.18 bits per heavy atom. The molecule has 1 aliphatic heterocycles. The molecule has 2 heterocycles. The number of carboxylic acid groups (broad SMARTS) is 1. The van der Waals surface area contributed by atoms with Gasteiger partial charge in [0.25, 0.3) is 6.30 Å². The number of aliphatic carboxylic acids is 1. The number of halogens is 1. The molecule has 0 saturated carbocycles. The molecule has 4 rings (SSSR count). The first-order valence-electron chi connectivity index (χ1n) is 11.1. The average molecular weight is 477 g/mol. The molecule has 0 amide bonds. The molecule has 2 aliphatic rings. The van der Waals surface area contributed by atoms with E-state index in [4.69, 9.17) is 0 Å². The first-order valence-corrected chi connectivity index (χ1v) is 12.6. The van der Waals surface area contributed by atoms with Crippen LogP contribution in [-0.2, 0) is 27.7 Å². The number of ketones is 1. The summed E-state index contributed by atoms with van der Waals surface area (Å²) in [4.78, 5) is 24.8. The number of Topliss-reactive ketones (excluding diaryl/α,β-unsaturated/α-hetero) is 1. The second-order valence-corrected chi connectivity index (χ2v) is 11.7. The average Bonchev–Trinajstić information content (AvgIpc) is 3.35.